The summed E-state index contributed by atoms with van der Waals surface area (Å²) in [5, 5.41) is 6.58. The number of hydrogen-bond donors (Lipinski definition) is 3. The van der Waals surface area contributed by atoms with Crippen molar-refractivity contribution in [2.24, 2.45) is 11.7 Å². The first-order valence-corrected chi connectivity index (χ1v) is 5.09. The van der Waals surface area contributed by atoms with E-state index in [1.807, 2.05) is 0 Å². The van der Waals surface area contributed by atoms with Crippen LogP contribution in [0.15, 0.2) is 0 Å². The van der Waals surface area contributed by atoms with Crippen LogP contribution in [-0.4, -0.2) is 12.5 Å². The highest BCUT2D eigenvalue weighted by molar-refractivity contribution is 5.52. The maximum absolute atomic E-state index is 9.56. The smallest absolute Gasteiger partial charge is 0.119 e. The van der Waals surface area contributed by atoms with Crippen LogP contribution in [0, 0.1) is 5.41 Å². The topological polar surface area (TPSA) is 93.0 Å². The normalized spacial score (nSPS) is 7.43. The molecule has 0 aromatic carbocycles. The van der Waals surface area contributed by atoms with Crippen LogP contribution in [-0.2, 0) is 4.79 Å². The third-order valence-electron chi connectivity index (χ3n) is 1.38. The van der Waals surface area contributed by atoms with Crippen LogP contribution in [0.4, 0.5) is 0 Å². The molecule has 4 nitrogen and oxygen atoms in total. The lowest BCUT2D eigenvalue weighted by Crippen LogP contribution is -2.02. The van der Waals surface area contributed by atoms with E-state index in [4.69, 9.17) is 5.41 Å². The van der Waals surface area contributed by atoms with Gasteiger partial charge in [0.05, 0.1) is 0 Å². The molecule has 0 rings (SSSR count). The predicted octanol–water partition coefficient (Wildman–Crippen LogP) is 2.02. The van der Waals surface area contributed by atoms with Crippen LogP contribution in [0.2, 0.25) is 0 Å². The van der Waals surface area contributed by atoms with Crippen molar-refractivity contribution in [2.75, 3.05) is 0 Å². The number of nitrogens with two attached hydrogens (primary N) is 2. The van der Waals surface area contributed by atoms with Crippen LogP contribution in [0.3, 0.4) is 0 Å². The predicted molar refractivity (Wildman–Crippen MR) is 62.3 cm³/mol. The first-order valence-electron chi connectivity index (χ1n) is 5.09. The number of unbranched alkanes of at least 4 members (excludes halogenated alkanes) is 4. The third-order valence-corrected chi connectivity index (χ3v) is 1.38. The minimum atomic E-state index is 0.733. The van der Waals surface area contributed by atoms with Crippen molar-refractivity contribution in [1.29, 1.82) is 5.41 Å². The number of hydrogen-bond acceptors (Lipinski definition) is 4. The van der Waals surface area contributed by atoms with Gasteiger partial charge in [0, 0.05) is 6.42 Å². The van der Waals surface area contributed by atoms with E-state index < -0.39 is 0 Å². The number of rotatable bonds is 6. The summed E-state index contributed by atoms with van der Waals surface area (Å²) in [5.74, 6) is 8.00. The molecule has 0 amide bonds. The van der Waals surface area contributed by atoms with Crippen LogP contribution in [0.1, 0.15) is 52.4 Å². The van der Waals surface area contributed by atoms with Gasteiger partial charge < -0.3 is 10.2 Å². The second-order valence-corrected chi connectivity index (χ2v) is 2.66. The fourth-order valence-electron chi connectivity index (χ4n) is 0.594. The van der Waals surface area contributed by atoms with Crippen LogP contribution in [0.5, 0.6) is 0 Å². The Kier molecular flexibility index (Phi) is 39.9. The van der Waals surface area contributed by atoms with Gasteiger partial charge in [-0.15, -0.1) is 0 Å². The van der Waals surface area contributed by atoms with Gasteiger partial charge >= 0.3 is 0 Å². The molecule has 0 aliphatic heterocycles. The zero-order chi connectivity index (χ0) is 11.7. The van der Waals surface area contributed by atoms with E-state index >= 15 is 0 Å². The van der Waals surface area contributed by atoms with E-state index in [1.54, 1.807) is 0 Å². The zero-order valence-electron chi connectivity index (χ0n) is 9.46. The Hall–Kier alpha value is -0.740. The SMILES string of the molecule is CCCCC=N.CCCCC=O.NN. The average molecular weight is 203 g/mol. The Morgan fingerprint density at radius 2 is 1.50 bits per heavy atom. The molecular formula is C10H25N3O. The van der Waals surface area contributed by atoms with E-state index in [9.17, 15) is 4.79 Å². The molecule has 0 spiro atoms. The molecule has 4 heteroatoms. The highest BCUT2D eigenvalue weighted by Crippen LogP contribution is 1.87. The van der Waals surface area contributed by atoms with Gasteiger partial charge in [0.1, 0.15) is 6.29 Å². The molecule has 0 fully saturated rings. The molecule has 14 heavy (non-hydrogen) atoms. The maximum Gasteiger partial charge on any atom is 0.119 e. The van der Waals surface area contributed by atoms with Crippen LogP contribution in [0.25, 0.3) is 0 Å². The first-order chi connectivity index (χ1) is 6.83. The number of aldehydes is 1. The van der Waals surface area contributed by atoms with Crippen molar-refractivity contribution in [1.82, 2.24) is 0 Å². The van der Waals surface area contributed by atoms with Gasteiger partial charge in [-0.1, -0.05) is 26.7 Å². The molecule has 0 aromatic heterocycles. The molecule has 0 aliphatic rings. The van der Waals surface area contributed by atoms with E-state index in [2.05, 4.69) is 25.5 Å². The number of nitrogens with one attached hydrogen (secondary N) is 1. The second kappa shape index (κ2) is 29.5. The standard InChI is InChI=1S/C5H11N.C5H10O.H4N2/c2*1-2-3-4-5-6;1-2/h5-6H,2-4H2,1H3;5H,2-4H2,1H3;1-2H2. The van der Waals surface area contributed by atoms with Crippen LogP contribution >= 0.6 is 0 Å². The van der Waals surface area contributed by atoms with Crippen molar-refractivity contribution in [3.63, 3.8) is 0 Å². The maximum atomic E-state index is 9.56. The van der Waals surface area contributed by atoms with Gasteiger partial charge in [-0.05, 0) is 25.5 Å². The average Bonchev–Trinajstić information content (AvgIpc) is 2.27. The number of carbonyl (C=O) groups is 1. The molecule has 0 radical (unpaired) electrons. The van der Waals surface area contributed by atoms with Gasteiger partial charge in [-0.3, -0.25) is 11.7 Å². The molecule has 0 bridgehead atoms. The van der Waals surface area contributed by atoms with E-state index in [0.717, 1.165) is 32.0 Å². The summed E-state index contributed by atoms with van der Waals surface area (Å²) in [6.07, 6.45) is 8.65. The van der Waals surface area contributed by atoms with Crippen molar-refractivity contribution >= 4 is 12.5 Å². The summed E-state index contributed by atoms with van der Waals surface area (Å²) in [6.45, 7) is 4.20. The summed E-state index contributed by atoms with van der Waals surface area (Å²) < 4.78 is 0. The minimum absolute atomic E-state index is 0.733. The summed E-state index contributed by atoms with van der Waals surface area (Å²) in [7, 11) is 0. The fraction of sp³-hybridized carbons (Fsp3) is 0.800. The Morgan fingerprint density at radius 3 is 1.64 bits per heavy atom. The van der Waals surface area contributed by atoms with Crippen molar-refractivity contribution < 1.29 is 4.79 Å². The highest BCUT2D eigenvalue weighted by Gasteiger charge is 1.75. The molecule has 5 N–H and O–H groups in total. The Balaban J connectivity index is -0.000000147. The summed E-state index contributed by atoms with van der Waals surface area (Å²) in [6, 6.07) is 0. The van der Waals surface area contributed by atoms with Gasteiger partial charge in [-0.2, -0.15) is 0 Å². The second-order valence-electron chi connectivity index (χ2n) is 2.66. The lowest BCUT2D eigenvalue weighted by molar-refractivity contribution is -0.107. The van der Waals surface area contributed by atoms with Crippen molar-refractivity contribution in [3.05, 3.63) is 0 Å². The first kappa shape index (κ1) is 18.9. The van der Waals surface area contributed by atoms with Gasteiger partial charge in [0.2, 0.25) is 0 Å². The number of hydrazine groups is 1. The van der Waals surface area contributed by atoms with Gasteiger partial charge in [-0.25, -0.2) is 0 Å². The molecule has 0 saturated carbocycles. The Morgan fingerprint density at radius 1 is 1.07 bits per heavy atom. The lowest BCUT2D eigenvalue weighted by Gasteiger charge is -1.80. The number of carbonyl (C=O) groups excluding carboxylic acids is 1. The minimum Gasteiger partial charge on any atom is -0.313 e. The van der Waals surface area contributed by atoms with Crippen molar-refractivity contribution in [3.8, 4) is 0 Å². The van der Waals surface area contributed by atoms with Gasteiger partial charge in [0.25, 0.3) is 0 Å². The molecule has 86 valence electrons. The monoisotopic (exact) mass is 203 g/mol. The highest BCUT2D eigenvalue weighted by atomic mass is 16.1. The Bertz CT molecular complexity index is 85.4. The summed E-state index contributed by atoms with van der Waals surface area (Å²) in [4.78, 5) is 9.56. The fourth-order valence-corrected chi connectivity index (χ4v) is 0.594. The molecular weight excluding hydrogens is 178 g/mol. The molecule has 0 aromatic rings. The van der Waals surface area contributed by atoms with E-state index in [0.29, 0.717) is 0 Å². The zero-order valence-corrected chi connectivity index (χ0v) is 9.46. The quantitative estimate of drug-likeness (QED) is 0.203. The molecule has 0 atom stereocenters. The van der Waals surface area contributed by atoms with Gasteiger partial charge in [0.15, 0.2) is 0 Å². The molecule has 0 heterocycles. The van der Waals surface area contributed by atoms with E-state index in [1.165, 1.54) is 19.1 Å². The van der Waals surface area contributed by atoms with Crippen molar-refractivity contribution in [2.45, 2.75) is 52.4 Å². The lowest BCUT2D eigenvalue weighted by atomic mass is 10.3. The molecule has 0 saturated heterocycles. The summed E-state index contributed by atoms with van der Waals surface area (Å²) >= 11 is 0. The van der Waals surface area contributed by atoms with Crippen LogP contribution < -0.4 is 11.7 Å². The molecule has 0 aliphatic carbocycles. The van der Waals surface area contributed by atoms with E-state index in [-0.39, 0.29) is 0 Å². The Labute approximate surface area is 87.5 Å². The summed E-state index contributed by atoms with van der Waals surface area (Å²) in [5.41, 5.74) is 0. The third kappa shape index (κ3) is 42.8. The largest absolute Gasteiger partial charge is 0.313 e. The molecule has 0 unspecified atom stereocenters.